The number of hydrogen-bond donors (Lipinski definition) is 3. The number of aromatic carboxylic acids is 1. The number of anilines is 2. The molecule has 0 fully saturated rings. The number of aromatic nitrogens is 2. The Balaban J connectivity index is 1.97. The van der Waals surface area contributed by atoms with E-state index in [9.17, 15) is 4.79 Å². The zero-order chi connectivity index (χ0) is 15.0. The second-order valence-corrected chi connectivity index (χ2v) is 5.14. The van der Waals surface area contributed by atoms with Gasteiger partial charge in [0.15, 0.2) is 0 Å². The Labute approximate surface area is 125 Å². The standard InChI is InChI=1S/C15H12ClN3O2/c1-8-2-4-10(16)7-12(8)18-15-17-11-5-3-9(14(20)21)6-13(11)19-15/h2-7H,1H3,(H,20,21)(H2,17,18,19). The molecule has 0 aliphatic carbocycles. The van der Waals surface area contributed by atoms with Crippen molar-refractivity contribution >= 4 is 40.2 Å². The molecule has 3 aromatic rings. The van der Waals surface area contributed by atoms with E-state index in [4.69, 9.17) is 16.7 Å². The van der Waals surface area contributed by atoms with Gasteiger partial charge in [-0.2, -0.15) is 0 Å². The zero-order valence-corrected chi connectivity index (χ0v) is 11.9. The van der Waals surface area contributed by atoms with Gasteiger partial charge in [-0.05, 0) is 42.8 Å². The lowest BCUT2D eigenvalue weighted by Gasteiger charge is -2.06. The lowest BCUT2D eigenvalue weighted by atomic mass is 10.2. The number of fused-ring (bicyclic) bond motifs is 1. The summed E-state index contributed by atoms with van der Waals surface area (Å²) in [5.74, 6) is -0.426. The molecule has 0 radical (unpaired) electrons. The van der Waals surface area contributed by atoms with Crippen molar-refractivity contribution in [2.45, 2.75) is 6.92 Å². The molecule has 6 heteroatoms. The van der Waals surface area contributed by atoms with Crippen molar-refractivity contribution in [3.8, 4) is 0 Å². The number of halogens is 1. The molecule has 106 valence electrons. The molecule has 0 saturated carbocycles. The summed E-state index contributed by atoms with van der Waals surface area (Å²) in [5.41, 5.74) is 3.46. The number of nitrogens with one attached hydrogen (secondary N) is 2. The predicted octanol–water partition coefficient (Wildman–Crippen LogP) is 3.97. The van der Waals surface area contributed by atoms with Gasteiger partial charge in [0.1, 0.15) is 0 Å². The van der Waals surface area contributed by atoms with Crippen LogP contribution in [0.2, 0.25) is 5.02 Å². The lowest BCUT2D eigenvalue weighted by Crippen LogP contribution is -1.95. The Morgan fingerprint density at radius 1 is 1.29 bits per heavy atom. The molecule has 0 unspecified atom stereocenters. The van der Waals surface area contributed by atoms with Gasteiger partial charge >= 0.3 is 5.97 Å². The number of H-pyrrole nitrogens is 1. The van der Waals surface area contributed by atoms with Crippen molar-refractivity contribution in [2.75, 3.05) is 5.32 Å². The summed E-state index contributed by atoms with van der Waals surface area (Å²) < 4.78 is 0. The number of rotatable bonds is 3. The third kappa shape index (κ3) is 2.68. The first-order chi connectivity index (χ1) is 10.0. The van der Waals surface area contributed by atoms with Gasteiger partial charge in [0.2, 0.25) is 5.95 Å². The molecule has 2 aromatic carbocycles. The number of carboxylic acids is 1. The van der Waals surface area contributed by atoms with Gasteiger partial charge in [0.25, 0.3) is 0 Å². The summed E-state index contributed by atoms with van der Waals surface area (Å²) in [6.07, 6.45) is 0. The summed E-state index contributed by atoms with van der Waals surface area (Å²) >= 11 is 5.98. The van der Waals surface area contributed by atoms with E-state index in [1.54, 1.807) is 12.1 Å². The number of aryl methyl sites for hydroxylation is 1. The third-order valence-electron chi connectivity index (χ3n) is 3.18. The van der Waals surface area contributed by atoms with Gasteiger partial charge in [-0.3, -0.25) is 0 Å². The maximum atomic E-state index is 11.0. The highest BCUT2D eigenvalue weighted by Crippen LogP contribution is 2.24. The largest absolute Gasteiger partial charge is 0.478 e. The average Bonchev–Trinajstić information content (AvgIpc) is 2.84. The third-order valence-corrected chi connectivity index (χ3v) is 3.42. The quantitative estimate of drug-likeness (QED) is 0.684. The molecule has 5 nitrogen and oxygen atoms in total. The Morgan fingerprint density at radius 2 is 2.10 bits per heavy atom. The molecule has 0 aliphatic rings. The van der Waals surface area contributed by atoms with E-state index in [1.807, 2.05) is 25.1 Å². The van der Waals surface area contributed by atoms with Crippen molar-refractivity contribution < 1.29 is 9.90 Å². The van der Waals surface area contributed by atoms with Crippen LogP contribution in [0, 0.1) is 6.92 Å². The number of nitrogens with zero attached hydrogens (tertiary/aromatic N) is 1. The van der Waals surface area contributed by atoms with Gasteiger partial charge in [0.05, 0.1) is 16.6 Å². The van der Waals surface area contributed by atoms with Crippen molar-refractivity contribution in [1.29, 1.82) is 0 Å². The smallest absolute Gasteiger partial charge is 0.335 e. The molecule has 21 heavy (non-hydrogen) atoms. The fourth-order valence-electron chi connectivity index (χ4n) is 2.06. The lowest BCUT2D eigenvalue weighted by molar-refractivity contribution is 0.0697. The molecule has 0 amide bonds. The Morgan fingerprint density at radius 3 is 2.86 bits per heavy atom. The van der Waals surface area contributed by atoms with Crippen LogP contribution in [0.4, 0.5) is 11.6 Å². The highest BCUT2D eigenvalue weighted by Gasteiger charge is 2.08. The monoisotopic (exact) mass is 301 g/mol. The molecule has 0 saturated heterocycles. The highest BCUT2D eigenvalue weighted by molar-refractivity contribution is 6.30. The zero-order valence-electron chi connectivity index (χ0n) is 11.1. The average molecular weight is 302 g/mol. The molecule has 0 aliphatic heterocycles. The van der Waals surface area contributed by atoms with E-state index in [2.05, 4.69) is 15.3 Å². The minimum Gasteiger partial charge on any atom is -0.478 e. The SMILES string of the molecule is Cc1ccc(Cl)cc1Nc1nc2ccc(C(=O)O)cc2[nH]1. The van der Waals surface area contributed by atoms with Crippen LogP contribution in [0.15, 0.2) is 36.4 Å². The molecule has 1 heterocycles. The maximum Gasteiger partial charge on any atom is 0.335 e. The van der Waals surface area contributed by atoms with Crippen LogP contribution < -0.4 is 5.32 Å². The second kappa shape index (κ2) is 5.10. The van der Waals surface area contributed by atoms with Crippen LogP contribution in [-0.4, -0.2) is 21.0 Å². The van der Waals surface area contributed by atoms with Crippen LogP contribution in [0.5, 0.6) is 0 Å². The van der Waals surface area contributed by atoms with Crippen LogP contribution >= 0.6 is 11.6 Å². The Kier molecular flexibility index (Phi) is 3.27. The van der Waals surface area contributed by atoms with Crippen LogP contribution in [0.3, 0.4) is 0 Å². The number of imidazole rings is 1. The molecule has 3 N–H and O–H groups in total. The molecule has 0 bridgehead atoms. The van der Waals surface area contributed by atoms with Gasteiger partial charge in [-0.25, -0.2) is 9.78 Å². The minimum atomic E-state index is -0.966. The Bertz CT molecular complexity index is 842. The van der Waals surface area contributed by atoms with Crippen molar-refractivity contribution in [1.82, 2.24) is 9.97 Å². The number of carboxylic acid groups (broad SMARTS) is 1. The number of benzene rings is 2. The van der Waals surface area contributed by atoms with E-state index in [1.165, 1.54) is 6.07 Å². The minimum absolute atomic E-state index is 0.219. The fourth-order valence-corrected chi connectivity index (χ4v) is 2.23. The van der Waals surface area contributed by atoms with Gasteiger partial charge < -0.3 is 15.4 Å². The van der Waals surface area contributed by atoms with E-state index in [-0.39, 0.29) is 5.56 Å². The molecule has 1 aromatic heterocycles. The molecular weight excluding hydrogens is 290 g/mol. The highest BCUT2D eigenvalue weighted by atomic mass is 35.5. The van der Waals surface area contributed by atoms with Crippen LogP contribution in [0.1, 0.15) is 15.9 Å². The molecular formula is C15H12ClN3O2. The molecule has 0 spiro atoms. The predicted molar refractivity (Wildman–Crippen MR) is 82.5 cm³/mol. The Hall–Kier alpha value is -2.53. The van der Waals surface area contributed by atoms with Crippen LogP contribution in [-0.2, 0) is 0 Å². The van der Waals surface area contributed by atoms with Crippen LogP contribution in [0.25, 0.3) is 11.0 Å². The van der Waals surface area contributed by atoms with Gasteiger partial charge in [0, 0.05) is 10.7 Å². The normalized spacial score (nSPS) is 10.8. The first-order valence-corrected chi connectivity index (χ1v) is 6.67. The fraction of sp³-hybridized carbons (Fsp3) is 0.0667. The first-order valence-electron chi connectivity index (χ1n) is 6.29. The molecule has 3 rings (SSSR count). The summed E-state index contributed by atoms with van der Waals surface area (Å²) in [6.45, 7) is 1.96. The van der Waals surface area contributed by atoms with E-state index in [0.29, 0.717) is 22.0 Å². The van der Waals surface area contributed by atoms with Gasteiger partial charge in [-0.1, -0.05) is 17.7 Å². The van der Waals surface area contributed by atoms with E-state index < -0.39 is 5.97 Å². The van der Waals surface area contributed by atoms with Crippen molar-refractivity contribution in [3.05, 3.63) is 52.5 Å². The number of carbonyl (C=O) groups is 1. The summed E-state index contributed by atoms with van der Waals surface area (Å²) in [4.78, 5) is 18.4. The van der Waals surface area contributed by atoms with E-state index in [0.717, 1.165) is 11.3 Å². The summed E-state index contributed by atoms with van der Waals surface area (Å²) in [6, 6.07) is 10.3. The van der Waals surface area contributed by atoms with Crippen molar-refractivity contribution in [3.63, 3.8) is 0 Å². The first kappa shape index (κ1) is 13.5. The summed E-state index contributed by atoms with van der Waals surface area (Å²) in [7, 11) is 0. The van der Waals surface area contributed by atoms with E-state index >= 15 is 0 Å². The van der Waals surface area contributed by atoms with Gasteiger partial charge in [-0.15, -0.1) is 0 Å². The number of hydrogen-bond acceptors (Lipinski definition) is 3. The topological polar surface area (TPSA) is 78.0 Å². The summed E-state index contributed by atoms with van der Waals surface area (Å²) in [5, 5.41) is 12.8. The molecule has 0 atom stereocenters. The maximum absolute atomic E-state index is 11.0. The second-order valence-electron chi connectivity index (χ2n) is 4.71. The van der Waals surface area contributed by atoms with Crippen molar-refractivity contribution in [2.24, 2.45) is 0 Å². The number of aromatic amines is 1.